The second-order valence-corrected chi connectivity index (χ2v) is 3.79. The molecular weight excluding hydrogens is 220 g/mol. The van der Waals surface area contributed by atoms with Gasteiger partial charge in [-0.15, -0.1) is 0 Å². The van der Waals surface area contributed by atoms with Crippen molar-refractivity contribution in [2.75, 3.05) is 13.1 Å². The lowest BCUT2D eigenvalue weighted by Gasteiger charge is -2.12. The summed E-state index contributed by atoms with van der Waals surface area (Å²) >= 11 is 0. The summed E-state index contributed by atoms with van der Waals surface area (Å²) in [6.07, 6.45) is -0.686. The van der Waals surface area contributed by atoms with Crippen LogP contribution in [0.2, 0.25) is 0 Å². The molecule has 0 bridgehead atoms. The van der Waals surface area contributed by atoms with Crippen LogP contribution < -0.4 is 0 Å². The third-order valence-electron chi connectivity index (χ3n) is 2.51. The summed E-state index contributed by atoms with van der Waals surface area (Å²) in [5, 5.41) is 3.41. The van der Waals surface area contributed by atoms with Crippen LogP contribution in [0.15, 0.2) is 35.4 Å². The van der Waals surface area contributed by atoms with E-state index in [4.69, 9.17) is 10.3 Å². The number of benzene rings is 1. The van der Waals surface area contributed by atoms with Crippen molar-refractivity contribution >= 4 is 6.09 Å². The topological polar surface area (TPSA) is 78.3 Å². The molecule has 0 unspecified atom stereocenters. The molecule has 0 N–H and O–H groups in total. The van der Waals surface area contributed by atoms with Crippen LogP contribution in [0.5, 0.6) is 0 Å². The number of nitrogens with zero attached hydrogens (tertiary/aromatic N) is 4. The molecule has 6 nitrogen and oxygen atoms in total. The van der Waals surface area contributed by atoms with Crippen molar-refractivity contribution in [1.82, 2.24) is 4.90 Å². The van der Waals surface area contributed by atoms with E-state index in [1.807, 2.05) is 30.3 Å². The summed E-state index contributed by atoms with van der Waals surface area (Å²) < 4.78 is 5.07. The minimum atomic E-state index is -0.355. The highest BCUT2D eigenvalue weighted by Gasteiger charge is 2.30. The Morgan fingerprint density at radius 2 is 2.24 bits per heavy atom. The molecule has 2 rings (SSSR count). The molecule has 1 saturated heterocycles. The van der Waals surface area contributed by atoms with Crippen LogP contribution in [0.4, 0.5) is 4.79 Å². The lowest BCUT2D eigenvalue weighted by Crippen LogP contribution is -2.25. The van der Waals surface area contributed by atoms with Gasteiger partial charge in [0, 0.05) is 11.5 Å². The average Bonchev–Trinajstić information content (AvgIpc) is 2.69. The van der Waals surface area contributed by atoms with Crippen LogP contribution >= 0.6 is 0 Å². The molecule has 6 heteroatoms. The first kappa shape index (κ1) is 11.3. The van der Waals surface area contributed by atoms with E-state index in [-0.39, 0.29) is 18.7 Å². The summed E-state index contributed by atoms with van der Waals surface area (Å²) in [4.78, 5) is 15.8. The highest BCUT2D eigenvalue weighted by Crippen LogP contribution is 2.15. The number of azide groups is 1. The van der Waals surface area contributed by atoms with Crippen LogP contribution in [0.3, 0.4) is 0 Å². The zero-order valence-electron chi connectivity index (χ0n) is 9.19. The standard InChI is InChI=1S/C11H12N4O2/c12-14-13-6-10-8-15(11(16)17-10)7-9-4-2-1-3-5-9/h1-5,10H,6-8H2/t10-/m1/s1. The number of cyclic esters (lactones) is 1. The quantitative estimate of drug-likeness (QED) is 0.453. The zero-order valence-corrected chi connectivity index (χ0v) is 9.19. The van der Waals surface area contributed by atoms with Gasteiger partial charge < -0.3 is 9.64 Å². The van der Waals surface area contributed by atoms with E-state index in [0.717, 1.165) is 5.56 Å². The molecule has 1 fully saturated rings. The Morgan fingerprint density at radius 3 is 2.94 bits per heavy atom. The van der Waals surface area contributed by atoms with E-state index >= 15 is 0 Å². The number of hydrogen-bond acceptors (Lipinski definition) is 3. The van der Waals surface area contributed by atoms with Crippen molar-refractivity contribution in [2.45, 2.75) is 12.6 Å². The highest BCUT2D eigenvalue weighted by atomic mass is 16.6. The fourth-order valence-corrected chi connectivity index (χ4v) is 1.73. The Bertz CT molecular complexity index is 442. The van der Waals surface area contributed by atoms with Crippen LogP contribution in [0, 0.1) is 0 Å². The molecule has 1 amide bonds. The molecule has 88 valence electrons. The second kappa shape index (κ2) is 5.23. The van der Waals surface area contributed by atoms with Gasteiger partial charge in [0.25, 0.3) is 0 Å². The fraction of sp³-hybridized carbons (Fsp3) is 0.364. The maximum absolute atomic E-state index is 11.5. The second-order valence-electron chi connectivity index (χ2n) is 3.79. The molecular formula is C11H12N4O2. The number of rotatable bonds is 4. The van der Waals surface area contributed by atoms with Gasteiger partial charge in [0.15, 0.2) is 0 Å². The Labute approximate surface area is 98.4 Å². The first-order valence-corrected chi connectivity index (χ1v) is 5.30. The SMILES string of the molecule is [N-]=[N+]=NC[C@@H]1CN(Cc2ccccc2)C(=O)O1. The first-order valence-electron chi connectivity index (χ1n) is 5.30. The predicted molar refractivity (Wildman–Crippen MR) is 61.1 cm³/mol. The van der Waals surface area contributed by atoms with Gasteiger partial charge in [-0.3, -0.25) is 0 Å². The predicted octanol–water partition coefficient (Wildman–Crippen LogP) is 2.32. The molecule has 1 heterocycles. The third-order valence-corrected chi connectivity index (χ3v) is 2.51. The van der Waals surface area contributed by atoms with Crippen molar-refractivity contribution in [3.8, 4) is 0 Å². The average molecular weight is 232 g/mol. The van der Waals surface area contributed by atoms with Crippen LogP contribution in [0.1, 0.15) is 5.56 Å². The molecule has 1 aromatic rings. The first-order chi connectivity index (χ1) is 8.29. The minimum absolute atomic E-state index is 0.188. The molecule has 1 atom stereocenters. The van der Waals surface area contributed by atoms with Gasteiger partial charge in [0.2, 0.25) is 0 Å². The molecule has 1 aromatic carbocycles. The monoisotopic (exact) mass is 232 g/mol. The Hall–Kier alpha value is -2.20. The maximum Gasteiger partial charge on any atom is 0.410 e. The number of carbonyl (C=O) groups excluding carboxylic acids is 1. The van der Waals surface area contributed by atoms with E-state index < -0.39 is 0 Å². The van der Waals surface area contributed by atoms with Gasteiger partial charge in [-0.05, 0) is 11.1 Å². The summed E-state index contributed by atoms with van der Waals surface area (Å²) in [7, 11) is 0. The molecule has 0 aromatic heterocycles. The Morgan fingerprint density at radius 1 is 1.47 bits per heavy atom. The molecule has 0 spiro atoms. The van der Waals surface area contributed by atoms with Gasteiger partial charge in [0.05, 0.1) is 13.1 Å². The Balaban J connectivity index is 1.94. The maximum atomic E-state index is 11.5. The highest BCUT2D eigenvalue weighted by molar-refractivity contribution is 5.69. The van der Waals surface area contributed by atoms with Gasteiger partial charge >= 0.3 is 6.09 Å². The van der Waals surface area contributed by atoms with Crippen LogP contribution in [0.25, 0.3) is 10.4 Å². The van der Waals surface area contributed by atoms with E-state index in [9.17, 15) is 4.79 Å². The van der Waals surface area contributed by atoms with E-state index in [1.165, 1.54) is 0 Å². The number of amides is 1. The van der Waals surface area contributed by atoms with Gasteiger partial charge in [-0.1, -0.05) is 35.4 Å². The lowest BCUT2D eigenvalue weighted by atomic mass is 10.2. The zero-order chi connectivity index (χ0) is 12.1. The summed E-state index contributed by atoms with van der Waals surface area (Å²) in [5.41, 5.74) is 9.25. The Kier molecular flexibility index (Phi) is 3.47. The molecule has 0 aliphatic carbocycles. The molecule has 0 saturated carbocycles. The van der Waals surface area contributed by atoms with Crippen molar-refractivity contribution in [3.05, 3.63) is 46.3 Å². The molecule has 1 aliphatic rings. The molecule has 1 aliphatic heterocycles. The number of ether oxygens (including phenoxy) is 1. The van der Waals surface area contributed by atoms with Gasteiger partial charge in [-0.25, -0.2) is 4.79 Å². The number of carbonyl (C=O) groups is 1. The minimum Gasteiger partial charge on any atom is -0.444 e. The lowest BCUT2D eigenvalue weighted by molar-refractivity contribution is 0.134. The molecule has 17 heavy (non-hydrogen) atoms. The fourth-order valence-electron chi connectivity index (χ4n) is 1.73. The number of hydrogen-bond donors (Lipinski definition) is 0. The van der Waals surface area contributed by atoms with Crippen LogP contribution in [-0.2, 0) is 11.3 Å². The summed E-state index contributed by atoms with van der Waals surface area (Å²) in [6.45, 7) is 1.17. The third kappa shape index (κ3) is 2.89. The molecule has 0 radical (unpaired) electrons. The van der Waals surface area contributed by atoms with Crippen LogP contribution in [-0.4, -0.2) is 30.2 Å². The van der Waals surface area contributed by atoms with Gasteiger partial charge in [-0.2, -0.15) is 0 Å². The smallest absolute Gasteiger partial charge is 0.410 e. The van der Waals surface area contributed by atoms with E-state index in [0.29, 0.717) is 13.1 Å². The summed E-state index contributed by atoms with van der Waals surface area (Å²) in [6, 6.07) is 9.68. The van der Waals surface area contributed by atoms with Crippen molar-refractivity contribution < 1.29 is 9.53 Å². The van der Waals surface area contributed by atoms with Crippen molar-refractivity contribution in [2.24, 2.45) is 5.11 Å². The normalized spacial score (nSPS) is 18.7. The van der Waals surface area contributed by atoms with Crippen molar-refractivity contribution in [3.63, 3.8) is 0 Å². The largest absolute Gasteiger partial charge is 0.444 e. The summed E-state index contributed by atoms with van der Waals surface area (Å²) in [5.74, 6) is 0. The van der Waals surface area contributed by atoms with Gasteiger partial charge in [0.1, 0.15) is 6.10 Å². The van der Waals surface area contributed by atoms with Crippen molar-refractivity contribution in [1.29, 1.82) is 0 Å². The van der Waals surface area contributed by atoms with E-state index in [2.05, 4.69) is 10.0 Å². The van der Waals surface area contributed by atoms with E-state index in [1.54, 1.807) is 4.90 Å².